The van der Waals surface area contributed by atoms with Crippen LogP contribution in [-0.2, 0) is 9.53 Å². The van der Waals surface area contributed by atoms with Gasteiger partial charge in [-0.05, 0) is 12.8 Å². The highest BCUT2D eigenvalue weighted by Crippen LogP contribution is 2.22. The van der Waals surface area contributed by atoms with Gasteiger partial charge in [0.25, 0.3) is 0 Å². The Morgan fingerprint density at radius 1 is 1.40 bits per heavy atom. The number of amides is 1. The summed E-state index contributed by atoms with van der Waals surface area (Å²) >= 11 is 0. The lowest BCUT2D eigenvalue weighted by Gasteiger charge is -2.35. The third-order valence-corrected chi connectivity index (χ3v) is 3.40. The Morgan fingerprint density at radius 3 is 2.90 bits per heavy atom. The summed E-state index contributed by atoms with van der Waals surface area (Å²) in [5.41, 5.74) is 11.3. The fourth-order valence-electron chi connectivity index (χ4n) is 2.24. The molecule has 5 N–H and O–H groups in total. The van der Waals surface area contributed by atoms with E-state index in [2.05, 4.69) is 15.3 Å². The molecular formula is C12H18N6O2. The number of carbonyl (C=O) groups is 1. The Balaban J connectivity index is 1.81. The minimum absolute atomic E-state index is 0.0389. The van der Waals surface area contributed by atoms with Crippen molar-refractivity contribution in [1.82, 2.24) is 15.3 Å². The SMILES string of the molecule is Nc1cc(N2CCOCC2C(=O)NC2CC2)nc(N)n1. The molecule has 1 aliphatic heterocycles. The molecule has 0 aromatic carbocycles. The third-order valence-electron chi connectivity index (χ3n) is 3.40. The van der Waals surface area contributed by atoms with Crippen LogP contribution in [0.4, 0.5) is 17.6 Å². The average Bonchev–Trinajstić information content (AvgIpc) is 3.21. The molecule has 108 valence electrons. The molecule has 1 aromatic rings. The van der Waals surface area contributed by atoms with Crippen molar-refractivity contribution in [3.8, 4) is 0 Å². The minimum Gasteiger partial charge on any atom is -0.383 e. The van der Waals surface area contributed by atoms with Gasteiger partial charge >= 0.3 is 0 Å². The van der Waals surface area contributed by atoms with Crippen LogP contribution in [0.3, 0.4) is 0 Å². The van der Waals surface area contributed by atoms with Crippen molar-refractivity contribution in [2.75, 3.05) is 36.1 Å². The number of hydrogen-bond donors (Lipinski definition) is 3. The van der Waals surface area contributed by atoms with Crippen LogP contribution in [0.25, 0.3) is 0 Å². The van der Waals surface area contributed by atoms with Gasteiger partial charge in [0.2, 0.25) is 11.9 Å². The maximum atomic E-state index is 12.3. The molecular weight excluding hydrogens is 260 g/mol. The van der Waals surface area contributed by atoms with E-state index in [-0.39, 0.29) is 11.9 Å². The Hall–Kier alpha value is -2.09. The van der Waals surface area contributed by atoms with Crippen LogP contribution in [0.5, 0.6) is 0 Å². The van der Waals surface area contributed by atoms with Crippen LogP contribution in [0.1, 0.15) is 12.8 Å². The number of morpholine rings is 1. The summed E-state index contributed by atoms with van der Waals surface area (Å²) in [5, 5.41) is 2.99. The second-order valence-corrected chi connectivity index (χ2v) is 5.08. The molecule has 8 nitrogen and oxygen atoms in total. The van der Waals surface area contributed by atoms with Crippen molar-refractivity contribution in [2.24, 2.45) is 0 Å². The van der Waals surface area contributed by atoms with E-state index >= 15 is 0 Å². The molecule has 2 fully saturated rings. The topological polar surface area (TPSA) is 119 Å². The first-order valence-corrected chi connectivity index (χ1v) is 6.68. The van der Waals surface area contributed by atoms with Gasteiger partial charge < -0.3 is 26.4 Å². The summed E-state index contributed by atoms with van der Waals surface area (Å²) in [6.45, 7) is 1.44. The van der Waals surface area contributed by atoms with Crippen LogP contribution < -0.4 is 21.7 Å². The van der Waals surface area contributed by atoms with Gasteiger partial charge in [-0.2, -0.15) is 9.97 Å². The molecule has 2 aliphatic rings. The number of aromatic nitrogens is 2. The van der Waals surface area contributed by atoms with Gasteiger partial charge in [-0.25, -0.2) is 0 Å². The first-order valence-electron chi connectivity index (χ1n) is 6.68. The van der Waals surface area contributed by atoms with E-state index in [1.807, 2.05) is 4.90 Å². The molecule has 0 radical (unpaired) electrons. The van der Waals surface area contributed by atoms with Crippen LogP contribution >= 0.6 is 0 Å². The zero-order chi connectivity index (χ0) is 14.1. The number of nitrogens with two attached hydrogens (primary N) is 2. The maximum absolute atomic E-state index is 12.3. The van der Waals surface area contributed by atoms with E-state index in [1.54, 1.807) is 6.07 Å². The molecule has 1 aromatic heterocycles. The number of nitrogens with one attached hydrogen (secondary N) is 1. The number of carbonyl (C=O) groups excluding carboxylic acids is 1. The Bertz CT molecular complexity index is 498. The summed E-state index contributed by atoms with van der Waals surface area (Å²) in [6.07, 6.45) is 2.10. The molecule has 0 bridgehead atoms. The van der Waals surface area contributed by atoms with Gasteiger partial charge in [-0.15, -0.1) is 0 Å². The highest BCUT2D eigenvalue weighted by atomic mass is 16.5. The van der Waals surface area contributed by atoms with Gasteiger partial charge in [0.15, 0.2) is 0 Å². The summed E-state index contributed by atoms with van der Waals surface area (Å²) in [4.78, 5) is 22.1. The third kappa shape index (κ3) is 2.74. The number of nitrogen functional groups attached to an aromatic ring is 2. The molecule has 1 saturated carbocycles. The normalized spacial score (nSPS) is 22.6. The molecule has 1 saturated heterocycles. The van der Waals surface area contributed by atoms with Crippen LogP contribution in [0.15, 0.2) is 6.07 Å². The predicted molar refractivity (Wildman–Crippen MR) is 74.0 cm³/mol. The van der Waals surface area contributed by atoms with E-state index in [0.717, 1.165) is 12.8 Å². The van der Waals surface area contributed by atoms with E-state index in [9.17, 15) is 4.79 Å². The minimum atomic E-state index is -0.405. The molecule has 3 rings (SSSR count). The maximum Gasteiger partial charge on any atom is 0.245 e. The smallest absolute Gasteiger partial charge is 0.245 e. The van der Waals surface area contributed by atoms with Crippen LogP contribution in [0, 0.1) is 0 Å². The summed E-state index contributed by atoms with van der Waals surface area (Å²) in [5.74, 6) is 0.922. The summed E-state index contributed by atoms with van der Waals surface area (Å²) < 4.78 is 5.41. The van der Waals surface area contributed by atoms with Gasteiger partial charge in [-0.1, -0.05) is 0 Å². The van der Waals surface area contributed by atoms with Crippen molar-refractivity contribution >= 4 is 23.5 Å². The van der Waals surface area contributed by atoms with Crippen molar-refractivity contribution < 1.29 is 9.53 Å². The lowest BCUT2D eigenvalue weighted by atomic mass is 10.2. The van der Waals surface area contributed by atoms with Gasteiger partial charge in [0.1, 0.15) is 17.7 Å². The Labute approximate surface area is 116 Å². The van der Waals surface area contributed by atoms with Crippen molar-refractivity contribution in [3.63, 3.8) is 0 Å². The summed E-state index contributed by atoms with van der Waals surface area (Å²) in [7, 11) is 0. The molecule has 1 atom stereocenters. The van der Waals surface area contributed by atoms with Crippen molar-refractivity contribution in [3.05, 3.63) is 6.07 Å². The first kappa shape index (κ1) is 12.9. The second-order valence-electron chi connectivity index (χ2n) is 5.08. The zero-order valence-electron chi connectivity index (χ0n) is 11.1. The number of ether oxygens (including phenoxy) is 1. The fraction of sp³-hybridized carbons (Fsp3) is 0.583. The van der Waals surface area contributed by atoms with E-state index in [0.29, 0.717) is 37.4 Å². The van der Waals surface area contributed by atoms with Crippen molar-refractivity contribution in [1.29, 1.82) is 0 Å². The lowest BCUT2D eigenvalue weighted by Crippen LogP contribution is -2.54. The van der Waals surface area contributed by atoms with E-state index < -0.39 is 6.04 Å². The number of hydrogen-bond acceptors (Lipinski definition) is 7. The van der Waals surface area contributed by atoms with E-state index in [1.165, 1.54) is 0 Å². The van der Waals surface area contributed by atoms with E-state index in [4.69, 9.17) is 16.2 Å². The largest absolute Gasteiger partial charge is 0.383 e. The van der Waals surface area contributed by atoms with Gasteiger partial charge in [0.05, 0.1) is 13.2 Å². The monoisotopic (exact) mass is 278 g/mol. The number of rotatable bonds is 3. The summed E-state index contributed by atoms with van der Waals surface area (Å²) in [6, 6.07) is 1.53. The Morgan fingerprint density at radius 2 is 2.20 bits per heavy atom. The lowest BCUT2D eigenvalue weighted by molar-refractivity contribution is -0.124. The highest BCUT2D eigenvalue weighted by Gasteiger charge is 2.34. The van der Waals surface area contributed by atoms with Gasteiger partial charge in [0, 0.05) is 18.7 Å². The van der Waals surface area contributed by atoms with Crippen LogP contribution in [-0.4, -0.2) is 47.7 Å². The molecule has 1 unspecified atom stereocenters. The predicted octanol–water partition coefficient (Wildman–Crippen LogP) is -0.875. The standard InChI is InChI=1S/C12H18N6O2/c13-9-5-10(17-12(14)16-9)18-3-4-20-6-8(18)11(19)15-7-1-2-7/h5,7-8H,1-4,6H2,(H,15,19)(H4,13,14,16,17). The molecule has 0 spiro atoms. The highest BCUT2D eigenvalue weighted by molar-refractivity contribution is 5.86. The fourth-order valence-corrected chi connectivity index (χ4v) is 2.24. The zero-order valence-corrected chi connectivity index (χ0v) is 11.1. The molecule has 20 heavy (non-hydrogen) atoms. The number of nitrogens with zero attached hydrogens (tertiary/aromatic N) is 3. The first-order chi connectivity index (χ1) is 9.63. The van der Waals surface area contributed by atoms with Gasteiger partial charge in [-0.3, -0.25) is 4.79 Å². The number of anilines is 3. The molecule has 1 aliphatic carbocycles. The molecule has 2 heterocycles. The van der Waals surface area contributed by atoms with Crippen LogP contribution in [0.2, 0.25) is 0 Å². The second kappa shape index (κ2) is 5.12. The average molecular weight is 278 g/mol. The van der Waals surface area contributed by atoms with Crippen molar-refractivity contribution in [2.45, 2.75) is 24.9 Å². The quantitative estimate of drug-likeness (QED) is 0.657. The molecule has 8 heteroatoms. The Kier molecular flexibility index (Phi) is 3.31. The molecule has 1 amide bonds.